The van der Waals surface area contributed by atoms with E-state index in [0.717, 1.165) is 16.5 Å². The average Bonchev–Trinajstić information content (AvgIpc) is 2.91. The van der Waals surface area contributed by atoms with Gasteiger partial charge in [0.15, 0.2) is 5.79 Å². The van der Waals surface area contributed by atoms with E-state index in [1.807, 2.05) is 32.0 Å². The molecule has 1 aromatic heterocycles. The van der Waals surface area contributed by atoms with E-state index in [1.165, 1.54) is 0 Å². The van der Waals surface area contributed by atoms with Crippen molar-refractivity contribution >= 4 is 16.7 Å². The molecule has 5 heteroatoms. The van der Waals surface area contributed by atoms with Crippen molar-refractivity contribution in [1.29, 1.82) is 0 Å². The fourth-order valence-corrected chi connectivity index (χ4v) is 2.27. The van der Waals surface area contributed by atoms with Crippen LogP contribution in [0.3, 0.4) is 0 Å². The second kappa shape index (κ2) is 3.80. The van der Waals surface area contributed by atoms with Gasteiger partial charge in [-0.2, -0.15) is 0 Å². The van der Waals surface area contributed by atoms with Crippen molar-refractivity contribution in [2.75, 3.05) is 6.61 Å². The van der Waals surface area contributed by atoms with Crippen LogP contribution in [0.25, 0.3) is 15.7 Å². The molecule has 2 heterocycles. The van der Waals surface area contributed by atoms with E-state index in [9.17, 15) is 0 Å². The summed E-state index contributed by atoms with van der Waals surface area (Å²) in [4.78, 5) is 3.46. The maximum absolute atomic E-state index is 7.17. The lowest BCUT2D eigenvalue weighted by atomic mass is 10.0. The van der Waals surface area contributed by atoms with Crippen LogP contribution in [0.2, 0.25) is 0 Å². The van der Waals surface area contributed by atoms with Gasteiger partial charge in [-0.05, 0) is 25.5 Å². The molecule has 1 aliphatic heterocycles. The molecule has 2 aromatic rings. The third-order valence-electron chi connectivity index (χ3n) is 3.06. The molecule has 0 spiro atoms. The monoisotopic (exact) mass is 243 g/mol. The zero-order chi connectivity index (χ0) is 12.8. The van der Waals surface area contributed by atoms with E-state index >= 15 is 0 Å². The molecule has 0 amide bonds. The van der Waals surface area contributed by atoms with Crippen molar-refractivity contribution in [3.8, 4) is 0 Å². The second-order valence-corrected chi connectivity index (χ2v) is 4.74. The predicted molar refractivity (Wildman–Crippen MR) is 66.2 cm³/mol. The van der Waals surface area contributed by atoms with Gasteiger partial charge < -0.3 is 14.3 Å². The highest BCUT2D eigenvalue weighted by atomic mass is 16.7. The molecule has 92 valence electrons. The van der Waals surface area contributed by atoms with Crippen molar-refractivity contribution in [3.63, 3.8) is 0 Å². The Hall–Kier alpha value is -1.90. The Kier molecular flexibility index (Phi) is 2.37. The third-order valence-corrected chi connectivity index (χ3v) is 3.06. The van der Waals surface area contributed by atoms with Crippen LogP contribution in [-0.2, 0) is 9.47 Å². The zero-order valence-electron chi connectivity index (χ0n) is 10.2. The zero-order valence-corrected chi connectivity index (χ0v) is 10.2. The summed E-state index contributed by atoms with van der Waals surface area (Å²) in [6.45, 7) is 11.4. The predicted octanol–water partition coefficient (Wildman–Crippen LogP) is 2.94. The summed E-state index contributed by atoms with van der Waals surface area (Å²) < 4.78 is 11.4. The van der Waals surface area contributed by atoms with Gasteiger partial charge in [-0.15, -0.1) is 5.10 Å². The highest BCUT2D eigenvalue weighted by molar-refractivity contribution is 5.93. The van der Waals surface area contributed by atoms with Crippen LogP contribution >= 0.6 is 0 Å². The van der Waals surface area contributed by atoms with E-state index in [0.29, 0.717) is 12.4 Å². The molecule has 1 N–H and O–H groups in total. The van der Waals surface area contributed by atoms with Crippen molar-refractivity contribution in [1.82, 2.24) is 10.2 Å². The SMILES string of the molecule is [C-]#[N+]c1[nH]nc2cccc(C3COC(C)(C)O3)c12. The number of nitrogens with one attached hydrogen (secondary N) is 1. The van der Waals surface area contributed by atoms with Crippen molar-refractivity contribution in [2.24, 2.45) is 0 Å². The molecule has 3 rings (SSSR count). The van der Waals surface area contributed by atoms with Gasteiger partial charge in [-0.25, -0.2) is 5.10 Å². The standard InChI is InChI=1S/C13H13N3O2/c1-13(2)17-7-10(18-13)8-5-4-6-9-11(8)12(14-3)16-15-9/h4-6,10H,7H2,1-2H3,(H,15,16). The summed E-state index contributed by atoms with van der Waals surface area (Å²) in [5.41, 5.74) is 1.74. The Morgan fingerprint density at radius 1 is 1.50 bits per heavy atom. The summed E-state index contributed by atoms with van der Waals surface area (Å²) >= 11 is 0. The van der Waals surface area contributed by atoms with E-state index in [2.05, 4.69) is 15.0 Å². The highest BCUT2D eigenvalue weighted by Crippen LogP contribution is 2.38. The van der Waals surface area contributed by atoms with E-state index in [1.54, 1.807) is 0 Å². The smallest absolute Gasteiger partial charge is 0.258 e. The fraction of sp³-hybridized carbons (Fsp3) is 0.385. The first-order valence-corrected chi connectivity index (χ1v) is 5.77. The summed E-state index contributed by atoms with van der Waals surface area (Å²) in [6, 6.07) is 5.76. The highest BCUT2D eigenvalue weighted by Gasteiger charge is 2.34. The molecule has 5 nitrogen and oxygen atoms in total. The Bertz CT molecular complexity index is 639. The van der Waals surface area contributed by atoms with Crippen LogP contribution in [-0.4, -0.2) is 22.6 Å². The molecular weight excluding hydrogens is 230 g/mol. The van der Waals surface area contributed by atoms with Crippen LogP contribution in [0, 0.1) is 6.57 Å². The van der Waals surface area contributed by atoms with Crippen molar-refractivity contribution in [3.05, 3.63) is 35.2 Å². The molecule has 1 aliphatic rings. The number of ether oxygens (including phenoxy) is 2. The summed E-state index contributed by atoms with van der Waals surface area (Å²) in [5, 5.41) is 7.70. The van der Waals surface area contributed by atoms with Gasteiger partial charge in [0, 0.05) is 5.39 Å². The van der Waals surface area contributed by atoms with Crippen LogP contribution in [0.5, 0.6) is 0 Å². The maximum Gasteiger partial charge on any atom is 0.258 e. The molecule has 18 heavy (non-hydrogen) atoms. The lowest BCUT2D eigenvalue weighted by Crippen LogP contribution is -2.19. The minimum atomic E-state index is -0.575. The number of hydrogen-bond acceptors (Lipinski definition) is 3. The molecule has 1 aromatic carbocycles. The Labute approximate surface area is 105 Å². The number of aromatic nitrogens is 2. The first kappa shape index (κ1) is 11.2. The minimum absolute atomic E-state index is 0.151. The number of hydrogen-bond donors (Lipinski definition) is 1. The number of aromatic amines is 1. The first-order chi connectivity index (χ1) is 8.61. The molecule has 1 fully saturated rings. The molecule has 1 saturated heterocycles. The number of benzene rings is 1. The largest absolute Gasteiger partial charge is 0.362 e. The van der Waals surface area contributed by atoms with Crippen LogP contribution < -0.4 is 0 Å². The van der Waals surface area contributed by atoms with Crippen LogP contribution in [0.4, 0.5) is 5.82 Å². The van der Waals surface area contributed by atoms with Gasteiger partial charge in [-0.3, -0.25) is 0 Å². The molecule has 1 atom stereocenters. The Balaban J connectivity index is 2.13. The summed E-state index contributed by atoms with van der Waals surface area (Å²) in [6.07, 6.45) is -0.151. The fourth-order valence-electron chi connectivity index (χ4n) is 2.27. The molecule has 0 aliphatic carbocycles. The van der Waals surface area contributed by atoms with E-state index in [4.69, 9.17) is 16.0 Å². The van der Waals surface area contributed by atoms with Gasteiger partial charge in [0.25, 0.3) is 5.82 Å². The van der Waals surface area contributed by atoms with E-state index in [-0.39, 0.29) is 6.10 Å². The van der Waals surface area contributed by atoms with Crippen molar-refractivity contribution in [2.45, 2.75) is 25.7 Å². The average molecular weight is 243 g/mol. The van der Waals surface area contributed by atoms with Gasteiger partial charge in [0.1, 0.15) is 11.6 Å². The van der Waals surface area contributed by atoms with Gasteiger partial charge in [0.05, 0.1) is 6.61 Å². The maximum atomic E-state index is 7.17. The minimum Gasteiger partial charge on any atom is -0.362 e. The van der Waals surface area contributed by atoms with Gasteiger partial charge >= 0.3 is 0 Å². The van der Waals surface area contributed by atoms with Gasteiger partial charge in [0.2, 0.25) is 0 Å². The first-order valence-electron chi connectivity index (χ1n) is 5.77. The number of rotatable bonds is 1. The lowest BCUT2D eigenvalue weighted by Gasteiger charge is -2.17. The number of H-pyrrole nitrogens is 1. The summed E-state index contributed by atoms with van der Waals surface area (Å²) in [5.74, 6) is -0.122. The molecule has 1 unspecified atom stereocenters. The Morgan fingerprint density at radius 2 is 2.33 bits per heavy atom. The van der Waals surface area contributed by atoms with Crippen LogP contribution in [0.1, 0.15) is 25.5 Å². The lowest BCUT2D eigenvalue weighted by molar-refractivity contribution is -0.138. The molecule has 0 saturated carbocycles. The van der Waals surface area contributed by atoms with E-state index < -0.39 is 5.79 Å². The molecule has 0 radical (unpaired) electrons. The van der Waals surface area contributed by atoms with Crippen molar-refractivity contribution < 1.29 is 9.47 Å². The summed E-state index contributed by atoms with van der Waals surface area (Å²) in [7, 11) is 0. The van der Waals surface area contributed by atoms with Gasteiger partial charge in [-0.1, -0.05) is 18.7 Å². The third kappa shape index (κ3) is 1.67. The quantitative estimate of drug-likeness (QED) is 0.783. The number of nitrogens with zero attached hydrogens (tertiary/aromatic N) is 2. The second-order valence-electron chi connectivity index (χ2n) is 4.74. The normalized spacial score (nSPS) is 22.2. The van der Waals surface area contributed by atoms with Crippen LogP contribution in [0.15, 0.2) is 18.2 Å². The Morgan fingerprint density at radius 3 is 3.00 bits per heavy atom. The molecular formula is C13H13N3O2. The molecule has 0 bridgehead atoms. The number of fused-ring (bicyclic) bond motifs is 1. The topological polar surface area (TPSA) is 51.5 Å².